The average Bonchev–Trinajstić information content (AvgIpc) is 3.21. The lowest BCUT2D eigenvalue weighted by Crippen LogP contribution is -2.24. The maximum Gasteiger partial charge on any atom is 0.274 e. The molecule has 0 spiro atoms. The fourth-order valence-corrected chi connectivity index (χ4v) is 3.25. The van der Waals surface area contributed by atoms with Crippen molar-refractivity contribution in [2.75, 3.05) is 5.32 Å². The van der Waals surface area contributed by atoms with Crippen molar-refractivity contribution < 1.29 is 4.92 Å². The van der Waals surface area contributed by atoms with Gasteiger partial charge in [0.15, 0.2) is 0 Å². The van der Waals surface area contributed by atoms with Crippen LogP contribution in [0.5, 0.6) is 0 Å². The number of anilines is 1. The molecule has 2 saturated carbocycles. The molecule has 0 atom stereocenters. The highest BCUT2D eigenvalue weighted by Crippen LogP contribution is 2.46. The van der Waals surface area contributed by atoms with E-state index >= 15 is 0 Å². The highest BCUT2D eigenvalue weighted by Gasteiger charge is 2.41. The van der Waals surface area contributed by atoms with Gasteiger partial charge in [-0.2, -0.15) is 0 Å². The molecule has 1 N–H and O–H groups in total. The third-order valence-corrected chi connectivity index (χ3v) is 4.72. The Labute approximate surface area is 120 Å². The minimum atomic E-state index is -0.309. The van der Waals surface area contributed by atoms with Crippen LogP contribution in [0.4, 0.5) is 11.4 Å². The first-order chi connectivity index (χ1) is 9.06. The Balaban J connectivity index is 1.86. The summed E-state index contributed by atoms with van der Waals surface area (Å²) in [6, 6.07) is 3.99. The van der Waals surface area contributed by atoms with E-state index in [1.165, 1.54) is 25.7 Å². The summed E-state index contributed by atoms with van der Waals surface area (Å²) in [6.07, 6.45) is 5.17. The van der Waals surface area contributed by atoms with E-state index in [1.807, 2.05) is 6.07 Å². The summed E-state index contributed by atoms with van der Waals surface area (Å²) in [4.78, 5) is 10.7. The zero-order valence-electron chi connectivity index (χ0n) is 10.9. The normalized spacial score (nSPS) is 18.7. The number of nitrogens with zero attached hydrogens (tertiary/aromatic N) is 1. The molecule has 1 aromatic carbocycles. The number of rotatable bonds is 5. The van der Waals surface area contributed by atoms with Gasteiger partial charge < -0.3 is 5.32 Å². The van der Waals surface area contributed by atoms with Gasteiger partial charge >= 0.3 is 0 Å². The van der Waals surface area contributed by atoms with Gasteiger partial charge in [-0.3, -0.25) is 10.1 Å². The summed E-state index contributed by atoms with van der Waals surface area (Å²) in [7, 11) is 0. The molecule has 0 amide bonds. The highest BCUT2D eigenvalue weighted by molar-refractivity contribution is 9.10. The second-order valence-corrected chi connectivity index (χ2v) is 6.57. The van der Waals surface area contributed by atoms with Gasteiger partial charge in [0.05, 0.1) is 10.6 Å². The summed E-state index contributed by atoms with van der Waals surface area (Å²) in [6.45, 7) is 1.77. The van der Waals surface area contributed by atoms with Crippen molar-refractivity contribution >= 4 is 27.3 Å². The van der Waals surface area contributed by atoms with E-state index in [0.717, 1.165) is 22.0 Å². The van der Waals surface area contributed by atoms with E-state index < -0.39 is 0 Å². The molecule has 3 rings (SSSR count). The summed E-state index contributed by atoms with van der Waals surface area (Å²) in [5.74, 6) is 1.53. The van der Waals surface area contributed by atoms with Crippen molar-refractivity contribution in [3.8, 4) is 0 Å². The minimum Gasteiger partial charge on any atom is -0.381 e. The van der Waals surface area contributed by atoms with Crippen molar-refractivity contribution in [2.24, 2.45) is 11.8 Å². The van der Waals surface area contributed by atoms with Gasteiger partial charge in [0, 0.05) is 22.1 Å². The number of hydrogen-bond donors (Lipinski definition) is 1. The first-order valence-corrected chi connectivity index (χ1v) is 7.56. The van der Waals surface area contributed by atoms with Crippen molar-refractivity contribution in [1.82, 2.24) is 0 Å². The van der Waals surface area contributed by atoms with Gasteiger partial charge in [-0.05, 0) is 66.4 Å². The fourth-order valence-electron chi connectivity index (χ4n) is 2.68. The van der Waals surface area contributed by atoms with E-state index in [1.54, 1.807) is 13.0 Å². The van der Waals surface area contributed by atoms with Gasteiger partial charge in [-0.15, -0.1) is 0 Å². The molecular weight excluding hydrogens is 308 g/mol. The topological polar surface area (TPSA) is 55.2 Å². The number of halogens is 1. The van der Waals surface area contributed by atoms with Crippen LogP contribution < -0.4 is 5.32 Å². The summed E-state index contributed by atoms with van der Waals surface area (Å²) in [5, 5.41) is 14.6. The molecule has 0 radical (unpaired) electrons. The number of nitro benzene ring substituents is 1. The first-order valence-electron chi connectivity index (χ1n) is 6.77. The second-order valence-electron chi connectivity index (χ2n) is 5.72. The Hall–Kier alpha value is -1.10. The van der Waals surface area contributed by atoms with E-state index in [-0.39, 0.29) is 10.6 Å². The second kappa shape index (κ2) is 4.78. The molecule has 2 aliphatic carbocycles. The quantitative estimate of drug-likeness (QED) is 0.650. The number of aryl methyl sites for hydroxylation is 1. The van der Waals surface area contributed by atoms with Gasteiger partial charge in [0.25, 0.3) is 5.69 Å². The molecule has 0 bridgehead atoms. The van der Waals surface area contributed by atoms with Gasteiger partial charge in [-0.25, -0.2) is 0 Å². The van der Waals surface area contributed by atoms with Crippen LogP contribution in [0.1, 0.15) is 31.2 Å². The van der Waals surface area contributed by atoms with Gasteiger partial charge in [0.1, 0.15) is 0 Å². The van der Waals surface area contributed by atoms with Crippen LogP contribution in [0, 0.1) is 28.9 Å². The molecule has 0 unspecified atom stereocenters. The van der Waals surface area contributed by atoms with Crippen LogP contribution in [0.15, 0.2) is 16.6 Å². The highest BCUT2D eigenvalue weighted by atomic mass is 79.9. The lowest BCUT2D eigenvalue weighted by Gasteiger charge is -2.20. The summed E-state index contributed by atoms with van der Waals surface area (Å²) < 4.78 is 0.918. The van der Waals surface area contributed by atoms with Crippen molar-refractivity contribution in [3.63, 3.8) is 0 Å². The number of hydrogen-bond acceptors (Lipinski definition) is 3. The van der Waals surface area contributed by atoms with Crippen LogP contribution in [-0.2, 0) is 0 Å². The Bertz CT molecular complexity index is 512. The van der Waals surface area contributed by atoms with Gasteiger partial charge in [0.2, 0.25) is 0 Å². The van der Waals surface area contributed by atoms with Crippen LogP contribution in [0.3, 0.4) is 0 Å². The van der Waals surface area contributed by atoms with E-state index in [4.69, 9.17) is 0 Å². The predicted octanol–water partition coefficient (Wildman–Crippen LogP) is 4.27. The third kappa shape index (κ3) is 2.76. The third-order valence-electron chi connectivity index (χ3n) is 4.06. The Kier molecular flexibility index (Phi) is 3.25. The van der Waals surface area contributed by atoms with E-state index in [2.05, 4.69) is 21.2 Å². The van der Waals surface area contributed by atoms with Crippen molar-refractivity contribution in [1.29, 1.82) is 0 Å². The average molecular weight is 325 g/mol. The molecule has 4 nitrogen and oxygen atoms in total. The predicted molar refractivity (Wildman–Crippen MR) is 78.4 cm³/mol. The zero-order valence-corrected chi connectivity index (χ0v) is 12.4. The Morgan fingerprint density at radius 3 is 2.37 bits per heavy atom. The smallest absolute Gasteiger partial charge is 0.274 e. The number of benzene rings is 1. The maximum absolute atomic E-state index is 11.0. The van der Waals surface area contributed by atoms with Crippen LogP contribution in [0.25, 0.3) is 0 Å². The fraction of sp³-hybridized carbons (Fsp3) is 0.571. The van der Waals surface area contributed by atoms with Crippen molar-refractivity contribution in [3.05, 3.63) is 32.3 Å². The summed E-state index contributed by atoms with van der Waals surface area (Å²) in [5.41, 5.74) is 1.74. The molecule has 2 aliphatic rings. The molecule has 2 fully saturated rings. The molecule has 0 saturated heterocycles. The Morgan fingerprint density at radius 1 is 1.32 bits per heavy atom. The molecule has 0 heterocycles. The van der Waals surface area contributed by atoms with Gasteiger partial charge in [-0.1, -0.05) is 0 Å². The number of nitrogens with one attached hydrogen (secondary N) is 1. The number of nitro groups is 1. The van der Waals surface area contributed by atoms with Crippen LogP contribution in [-0.4, -0.2) is 11.0 Å². The van der Waals surface area contributed by atoms with E-state index in [0.29, 0.717) is 11.6 Å². The first kappa shape index (κ1) is 12.9. The van der Waals surface area contributed by atoms with Crippen molar-refractivity contribution in [2.45, 2.75) is 38.6 Å². The Morgan fingerprint density at radius 2 is 1.89 bits per heavy atom. The minimum absolute atomic E-state index is 0.191. The van der Waals surface area contributed by atoms with Crippen LogP contribution >= 0.6 is 15.9 Å². The molecule has 19 heavy (non-hydrogen) atoms. The standard InChI is InChI=1S/C14H17BrN2O2/c1-8-6-11(15)12(7-13(8)17(18)19)16-14(9-2-3-9)10-4-5-10/h6-7,9-10,14,16H,2-5H2,1H3. The zero-order chi connectivity index (χ0) is 13.6. The summed E-state index contributed by atoms with van der Waals surface area (Å²) >= 11 is 3.51. The molecule has 1 aromatic rings. The monoisotopic (exact) mass is 324 g/mol. The molecular formula is C14H17BrN2O2. The molecule has 5 heteroatoms. The maximum atomic E-state index is 11.0. The molecule has 0 aliphatic heterocycles. The molecule has 0 aromatic heterocycles. The van der Waals surface area contributed by atoms with E-state index in [9.17, 15) is 10.1 Å². The lowest BCUT2D eigenvalue weighted by molar-refractivity contribution is -0.385. The lowest BCUT2D eigenvalue weighted by atomic mass is 10.1. The molecule has 102 valence electrons. The SMILES string of the molecule is Cc1cc(Br)c(NC(C2CC2)C2CC2)cc1[N+](=O)[O-]. The van der Waals surface area contributed by atoms with Crippen LogP contribution in [0.2, 0.25) is 0 Å². The largest absolute Gasteiger partial charge is 0.381 e.